The van der Waals surface area contributed by atoms with E-state index < -0.39 is 0 Å². The normalized spacial score (nSPS) is 28.7. The molecule has 0 spiro atoms. The molecule has 0 radical (unpaired) electrons. The topological polar surface area (TPSA) is 12.0 Å². The van der Waals surface area contributed by atoms with Crippen molar-refractivity contribution in [3.8, 4) is 0 Å². The molecule has 1 fully saturated rings. The summed E-state index contributed by atoms with van der Waals surface area (Å²) in [5, 5.41) is 3.64. The van der Waals surface area contributed by atoms with Gasteiger partial charge in [-0.1, -0.05) is 34.1 Å². The first-order valence-electron chi connectivity index (χ1n) is 6.32. The van der Waals surface area contributed by atoms with E-state index in [1.165, 1.54) is 32.1 Å². The molecule has 84 valence electrons. The Bertz CT molecular complexity index is 163. The van der Waals surface area contributed by atoms with E-state index in [-0.39, 0.29) is 0 Å². The van der Waals surface area contributed by atoms with Gasteiger partial charge in [-0.3, -0.25) is 0 Å². The number of hydrogen-bond acceptors (Lipinski definition) is 1. The average Bonchev–Trinajstić information content (AvgIpc) is 2.12. The van der Waals surface area contributed by atoms with E-state index in [9.17, 15) is 0 Å². The van der Waals surface area contributed by atoms with Gasteiger partial charge in [-0.2, -0.15) is 0 Å². The quantitative estimate of drug-likeness (QED) is 0.726. The van der Waals surface area contributed by atoms with Crippen molar-refractivity contribution in [1.29, 1.82) is 0 Å². The Morgan fingerprint density at radius 3 is 2.57 bits per heavy atom. The van der Waals surface area contributed by atoms with Crippen LogP contribution in [0.25, 0.3) is 0 Å². The molecule has 1 rings (SSSR count). The zero-order valence-electron chi connectivity index (χ0n) is 10.4. The van der Waals surface area contributed by atoms with Crippen LogP contribution in [0.5, 0.6) is 0 Å². The summed E-state index contributed by atoms with van der Waals surface area (Å²) in [5.41, 5.74) is 0.589. The Kier molecular flexibility index (Phi) is 4.43. The summed E-state index contributed by atoms with van der Waals surface area (Å²) in [6, 6.07) is 0.763. The van der Waals surface area contributed by atoms with Gasteiger partial charge in [-0.05, 0) is 43.6 Å². The van der Waals surface area contributed by atoms with E-state index in [0.29, 0.717) is 5.41 Å². The van der Waals surface area contributed by atoms with Crippen molar-refractivity contribution < 1.29 is 0 Å². The van der Waals surface area contributed by atoms with Gasteiger partial charge in [0.15, 0.2) is 0 Å². The highest BCUT2D eigenvalue weighted by atomic mass is 14.9. The summed E-state index contributed by atoms with van der Waals surface area (Å²) in [4.78, 5) is 0. The van der Waals surface area contributed by atoms with Crippen LogP contribution in [0, 0.1) is 11.3 Å². The molecule has 0 heterocycles. The van der Waals surface area contributed by atoms with Crippen molar-refractivity contribution in [1.82, 2.24) is 5.32 Å². The molecule has 1 aliphatic rings. The fourth-order valence-corrected chi connectivity index (χ4v) is 3.01. The van der Waals surface area contributed by atoms with E-state index in [1.807, 2.05) is 0 Å². The molecular formula is C13H27N. The molecule has 2 atom stereocenters. The molecule has 0 saturated heterocycles. The molecule has 14 heavy (non-hydrogen) atoms. The summed E-state index contributed by atoms with van der Waals surface area (Å²) in [6.45, 7) is 10.5. The molecule has 0 amide bonds. The predicted octanol–water partition coefficient (Wildman–Crippen LogP) is 3.59. The molecule has 0 aromatic heterocycles. The molecule has 0 aliphatic heterocycles. The summed E-state index contributed by atoms with van der Waals surface area (Å²) in [7, 11) is 0. The van der Waals surface area contributed by atoms with Gasteiger partial charge >= 0.3 is 0 Å². The predicted molar refractivity (Wildman–Crippen MR) is 63.5 cm³/mol. The van der Waals surface area contributed by atoms with Crippen LogP contribution < -0.4 is 5.32 Å². The molecule has 1 saturated carbocycles. The first kappa shape index (κ1) is 12.0. The minimum Gasteiger partial charge on any atom is -0.314 e. The Hall–Kier alpha value is -0.0400. The summed E-state index contributed by atoms with van der Waals surface area (Å²) < 4.78 is 0. The fourth-order valence-electron chi connectivity index (χ4n) is 3.01. The van der Waals surface area contributed by atoms with Crippen LogP contribution in [-0.4, -0.2) is 12.6 Å². The van der Waals surface area contributed by atoms with E-state index in [1.54, 1.807) is 0 Å². The third-order valence-corrected chi connectivity index (χ3v) is 3.72. The summed E-state index contributed by atoms with van der Waals surface area (Å²) in [5.74, 6) is 0.920. The zero-order chi connectivity index (χ0) is 10.6. The van der Waals surface area contributed by atoms with Crippen LogP contribution in [-0.2, 0) is 0 Å². The van der Waals surface area contributed by atoms with Gasteiger partial charge in [-0.25, -0.2) is 0 Å². The highest BCUT2D eigenvalue weighted by Crippen LogP contribution is 2.40. The summed E-state index contributed by atoms with van der Waals surface area (Å²) >= 11 is 0. The van der Waals surface area contributed by atoms with Crippen molar-refractivity contribution in [2.75, 3.05) is 6.54 Å². The van der Waals surface area contributed by atoms with E-state index >= 15 is 0 Å². The molecule has 1 aliphatic carbocycles. The first-order chi connectivity index (χ1) is 6.59. The highest BCUT2D eigenvalue weighted by molar-refractivity contribution is 4.85. The molecule has 0 aromatic rings. The van der Waals surface area contributed by atoms with Crippen LogP contribution in [0.3, 0.4) is 0 Å². The monoisotopic (exact) mass is 197 g/mol. The molecule has 0 aromatic carbocycles. The van der Waals surface area contributed by atoms with Gasteiger partial charge in [0.25, 0.3) is 0 Å². The minimum absolute atomic E-state index is 0.589. The van der Waals surface area contributed by atoms with Crippen LogP contribution in [0.15, 0.2) is 0 Å². The van der Waals surface area contributed by atoms with E-state index in [2.05, 4.69) is 33.0 Å². The largest absolute Gasteiger partial charge is 0.314 e. The second-order valence-corrected chi connectivity index (χ2v) is 5.59. The molecule has 0 bridgehead atoms. The maximum Gasteiger partial charge on any atom is 0.00927 e. The van der Waals surface area contributed by atoms with Gasteiger partial charge in [0.05, 0.1) is 0 Å². The van der Waals surface area contributed by atoms with Gasteiger partial charge in [0.2, 0.25) is 0 Å². The smallest absolute Gasteiger partial charge is 0.00927 e. The second-order valence-electron chi connectivity index (χ2n) is 5.59. The highest BCUT2D eigenvalue weighted by Gasteiger charge is 2.31. The lowest BCUT2D eigenvalue weighted by Crippen LogP contribution is -2.39. The molecule has 2 unspecified atom stereocenters. The second kappa shape index (κ2) is 5.16. The lowest BCUT2D eigenvalue weighted by atomic mass is 9.69. The standard InChI is InChI=1S/C13H27N/c1-5-12(14-6-2)11-8-7-9-13(3,4)10-11/h11-12,14H,5-10H2,1-4H3. The first-order valence-corrected chi connectivity index (χ1v) is 6.32. The van der Waals surface area contributed by atoms with Crippen LogP contribution >= 0.6 is 0 Å². The van der Waals surface area contributed by atoms with Crippen LogP contribution in [0.4, 0.5) is 0 Å². The average molecular weight is 197 g/mol. The van der Waals surface area contributed by atoms with Crippen LogP contribution in [0.1, 0.15) is 59.8 Å². The minimum atomic E-state index is 0.589. The maximum absolute atomic E-state index is 3.64. The lowest BCUT2D eigenvalue weighted by molar-refractivity contribution is 0.146. The molecule has 1 N–H and O–H groups in total. The van der Waals surface area contributed by atoms with Gasteiger partial charge in [0, 0.05) is 6.04 Å². The van der Waals surface area contributed by atoms with Gasteiger partial charge < -0.3 is 5.32 Å². The zero-order valence-corrected chi connectivity index (χ0v) is 10.4. The molecule has 1 nitrogen and oxygen atoms in total. The van der Waals surface area contributed by atoms with Gasteiger partial charge in [-0.15, -0.1) is 0 Å². The van der Waals surface area contributed by atoms with E-state index in [0.717, 1.165) is 18.5 Å². The maximum atomic E-state index is 3.64. The van der Waals surface area contributed by atoms with Crippen molar-refractivity contribution in [2.45, 2.75) is 65.8 Å². The fraction of sp³-hybridized carbons (Fsp3) is 1.00. The molecule has 1 heteroatoms. The van der Waals surface area contributed by atoms with Crippen LogP contribution in [0.2, 0.25) is 0 Å². The lowest BCUT2D eigenvalue weighted by Gasteiger charge is -2.39. The number of nitrogens with one attached hydrogen (secondary N) is 1. The van der Waals surface area contributed by atoms with Crippen molar-refractivity contribution in [3.05, 3.63) is 0 Å². The Morgan fingerprint density at radius 2 is 2.07 bits per heavy atom. The van der Waals surface area contributed by atoms with E-state index in [4.69, 9.17) is 0 Å². The Balaban J connectivity index is 2.49. The summed E-state index contributed by atoms with van der Waals surface area (Å²) in [6.07, 6.45) is 6.99. The van der Waals surface area contributed by atoms with Crippen molar-refractivity contribution in [3.63, 3.8) is 0 Å². The third-order valence-electron chi connectivity index (χ3n) is 3.72. The van der Waals surface area contributed by atoms with Crippen molar-refractivity contribution in [2.24, 2.45) is 11.3 Å². The Labute approximate surface area is 89.7 Å². The molecular weight excluding hydrogens is 170 g/mol. The third kappa shape index (κ3) is 3.27. The van der Waals surface area contributed by atoms with Crippen molar-refractivity contribution >= 4 is 0 Å². The number of rotatable bonds is 4. The Morgan fingerprint density at radius 1 is 1.36 bits per heavy atom. The number of hydrogen-bond donors (Lipinski definition) is 1. The van der Waals surface area contributed by atoms with Gasteiger partial charge in [0.1, 0.15) is 0 Å². The SMILES string of the molecule is CCNC(CC)C1CCCC(C)(C)C1.